The highest BCUT2D eigenvalue weighted by Crippen LogP contribution is 2.34. The number of anilines is 1. The van der Waals surface area contributed by atoms with E-state index in [9.17, 15) is 31.5 Å². The van der Waals surface area contributed by atoms with E-state index in [1.54, 1.807) is 0 Å². The van der Waals surface area contributed by atoms with Crippen LogP contribution in [-0.2, 0) is 0 Å². The molecule has 0 aliphatic heterocycles. The van der Waals surface area contributed by atoms with Crippen molar-refractivity contribution >= 4 is 23.2 Å². The van der Waals surface area contributed by atoms with Crippen molar-refractivity contribution in [2.45, 2.75) is 26.1 Å². The van der Waals surface area contributed by atoms with Gasteiger partial charge in [-0.3, -0.25) is 9.59 Å². The monoisotopic (exact) mass is 487 g/mol. The molecule has 3 rings (SSSR count). The van der Waals surface area contributed by atoms with Crippen LogP contribution in [0.2, 0.25) is 5.02 Å². The van der Waals surface area contributed by atoms with Gasteiger partial charge in [0, 0.05) is 11.8 Å². The number of alkyl halides is 3. The lowest BCUT2D eigenvalue weighted by atomic mass is 10.1. The number of rotatable bonds is 5. The van der Waals surface area contributed by atoms with Crippen molar-refractivity contribution in [3.8, 4) is 17.0 Å². The average molecular weight is 488 g/mol. The largest absolute Gasteiger partial charge is 0.480 e. The number of para-hydroxylation sites is 1. The van der Waals surface area contributed by atoms with Crippen molar-refractivity contribution < 1.29 is 31.5 Å². The third kappa shape index (κ3) is 5.30. The molecule has 0 aliphatic carbocycles. The number of carbonyl (C=O) groups is 1. The van der Waals surface area contributed by atoms with E-state index >= 15 is 0 Å². The van der Waals surface area contributed by atoms with Gasteiger partial charge in [0.2, 0.25) is 0 Å². The summed E-state index contributed by atoms with van der Waals surface area (Å²) in [5.41, 5.74) is -2.10. The van der Waals surface area contributed by atoms with Crippen LogP contribution in [-0.4, -0.2) is 28.2 Å². The average Bonchev–Trinajstić information content (AvgIpc) is 2.73. The Balaban J connectivity index is 2.11. The third-order valence-electron chi connectivity index (χ3n) is 4.51. The van der Waals surface area contributed by atoms with Crippen LogP contribution in [0.25, 0.3) is 11.3 Å². The van der Waals surface area contributed by atoms with Crippen molar-refractivity contribution in [1.82, 2.24) is 9.97 Å². The van der Waals surface area contributed by atoms with Crippen LogP contribution in [0.15, 0.2) is 41.3 Å². The van der Waals surface area contributed by atoms with E-state index in [1.807, 2.05) is 0 Å². The Kier molecular flexibility index (Phi) is 6.73. The number of aryl methyl sites for hydroxylation is 1. The molecule has 2 N–H and O–H groups in total. The van der Waals surface area contributed by atoms with Crippen LogP contribution in [0.1, 0.15) is 23.0 Å². The van der Waals surface area contributed by atoms with Crippen LogP contribution in [0.3, 0.4) is 0 Å². The molecule has 0 fully saturated rings. The minimum Gasteiger partial charge on any atom is -0.480 e. The smallest absolute Gasteiger partial charge is 0.425 e. The lowest BCUT2D eigenvalue weighted by Gasteiger charge is -2.20. The molecule has 3 aromatic rings. The Morgan fingerprint density at radius 3 is 2.52 bits per heavy atom. The first-order valence-corrected chi connectivity index (χ1v) is 9.65. The second-order valence-corrected chi connectivity index (χ2v) is 7.29. The molecule has 1 atom stereocenters. The number of H-pyrrole nitrogens is 1. The van der Waals surface area contributed by atoms with E-state index in [1.165, 1.54) is 19.1 Å². The van der Waals surface area contributed by atoms with Gasteiger partial charge in [0.05, 0.1) is 22.0 Å². The fraction of sp³-hybridized carbons (Fsp3) is 0.190. The molecule has 0 bridgehead atoms. The topological polar surface area (TPSA) is 84.1 Å². The van der Waals surface area contributed by atoms with Gasteiger partial charge in [-0.2, -0.15) is 13.2 Å². The Morgan fingerprint density at radius 1 is 1.21 bits per heavy atom. The minimum absolute atomic E-state index is 0.0194. The van der Waals surface area contributed by atoms with Gasteiger partial charge in [0.1, 0.15) is 23.1 Å². The normalized spacial score (nSPS) is 12.4. The Bertz CT molecular complexity index is 1260. The lowest BCUT2D eigenvalue weighted by Crippen LogP contribution is -2.32. The molecule has 1 amide bonds. The van der Waals surface area contributed by atoms with Crippen molar-refractivity contribution in [2.24, 2.45) is 0 Å². The van der Waals surface area contributed by atoms with E-state index < -0.39 is 52.4 Å². The summed E-state index contributed by atoms with van der Waals surface area (Å²) < 4.78 is 73.2. The number of halogens is 6. The molecule has 0 unspecified atom stereocenters. The number of ether oxygens (including phenoxy) is 1. The quantitative estimate of drug-likeness (QED) is 0.481. The molecule has 0 radical (unpaired) electrons. The first kappa shape index (κ1) is 24.2. The van der Waals surface area contributed by atoms with Gasteiger partial charge in [-0.15, -0.1) is 0 Å². The predicted octanol–water partition coefficient (Wildman–Crippen LogP) is 5.26. The molecule has 33 heavy (non-hydrogen) atoms. The summed E-state index contributed by atoms with van der Waals surface area (Å²) in [6.07, 6.45) is -6.11. The Morgan fingerprint density at radius 2 is 1.91 bits per heavy atom. The maximum Gasteiger partial charge on any atom is 0.425 e. The molecular weight excluding hydrogens is 473 g/mol. The van der Waals surface area contributed by atoms with E-state index in [0.717, 1.165) is 18.3 Å². The lowest BCUT2D eigenvalue weighted by molar-refractivity contribution is -0.189. The maximum absolute atomic E-state index is 14.9. The van der Waals surface area contributed by atoms with Crippen LogP contribution in [0.5, 0.6) is 5.75 Å². The summed E-state index contributed by atoms with van der Waals surface area (Å²) in [6.45, 7) is 2.05. The van der Waals surface area contributed by atoms with E-state index in [2.05, 4.69) is 15.3 Å². The molecule has 0 spiro atoms. The van der Waals surface area contributed by atoms with E-state index in [0.29, 0.717) is 13.0 Å². The highest BCUT2D eigenvalue weighted by Gasteiger charge is 2.39. The third-order valence-corrected chi connectivity index (χ3v) is 4.83. The standard InChI is InChI=1S/C21H15ClF5N3O3/c1-9-19(31)28-8-16(29-9)11-7-17(33-10(2)21(25,26)27)12(6-15(11)24)20(32)30-18-13(22)4-3-5-14(18)23/h3-8,10H,1-2H3,(H,28,31)(H,30,32)/t10-/m0/s1. The van der Waals surface area contributed by atoms with Gasteiger partial charge in [-0.1, -0.05) is 17.7 Å². The zero-order chi connectivity index (χ0) is 24.5. The zero-order valence-electron chi connectivity index (χ0n) is 17.0. The number of aromatic nitrogens is 2. The Hall–Kier alpha value is -3.47. The summed E-state index contributed by atoms with van der Waals surface area (Å²) in [6, 6.07) is 5.02. The highest BCUT2D eigenvalue weighted by atomic mass is 35.5. The van der Waals surface area contributed by atoms with Gasteiger partial charge >= 0.3 is 6.18 Å². The number of hydrogen-bond donors (Lipinski definition) is 2. The second-order valence-electron chi connectivity index (χ2n) is 6.88. The van der Waals surface area contributed by atoms with Crippen LogP contribution in [0.4, 0.5) is 27.6 Å². The van der Waals surface area contributed by atoms with Crippen molar-refractivity contribution in [1.29, 1.82) is 0 Å². The molecule has 2 aromatic carbocycles. The van der Waals surface area contributed by atoms with E-state index in [4.69, 9.17) is 16.3 Å². The molecule has 6 nitrogen and oxygen atoms in total. The van der Waals surface area contributed by atoms with Crippen molar-refractivity contribution in [3.63, 3.8) is 0 Å². The maximum atomic E-state index is 14.9. The molecule has 174 valence electrons. The summed E-state index contributed by atoms with van der Waals surface area (Å²) in [7, 11) is 0. The number of aromatic amines is 1. The van der Waals surface area contributed by atoms with Gasteiger partial charge < -0.3 is 15.0 Å². The summed E-state index contributed by atoms with van der Waals surface area (Å²) >= 11 is 5.86. The fourth-order valence-electron chi connectivity index (χ4n) is 2.72. The number of hydrogen-bond acceptors (Lipinski definition) is 4. The van der Waals surface area contributed by atoms with Gasteiger partial charge in [0.25, 0.3) is 11.5 Å². The molecule has 0 saturated carbocycles. The highest BCUT2D eigenvalue weighted by molar-refractivity contribution is 6.34. The number of nitrogens with zero attached hydrogens (tertiary/aromatic N) is 1. The van der Waals surface area contributed by atoms with Crippen molar-refractivity contribution in [2.75, 3.05) is 5.32 Å². The van der Waals surface area contributed by atoms with Crippen LogP contribution in [0, 0.1) is 18.6 Å². The SMILES string of the molecule is Cc1nc(-c2cc(O[C@@H](C)C(F)(F)F)c(C(=O)Nc3c(F)cccc3Cl)cc2F)c[nH]c1=O. The molecular formula is C21H15ClF5N3O3. The van der Waals surface area contributed by atoms with Gasteiger partial charge in [-0.05, 0) is 38.1 Å². The zero-order valence-corrected chi connectivity index (χ0v) is 17.7. The molecule has 12 heteroatoms. The molecule has 0 saturated heterocycles. The van der Waals surface area contributed by atoms with Crippen LogP contribution >= 0.6 is 11.6 Å². The number of benzene rings is 2. The first-order valence-electron chi connectivity index (χ1n) is 9.27. The summed E-state index contributed by atoms with van der Waals surface area (Å²) in [5, 5.41) is 1.93. The summed E-state index contributed by atoms with van der Waals surface area (Å²) in [5.74, 6) is -3.77. The molecule has 1 heterocycles. The minimum atomic E-state index is -4.80. The van der Waals surface area contributed by atoms with E-state index in [-0.39, 0.29) is 22.0 Å². The number of carbonyl (C=O) groups excluding carboxylic acids is 1. The molecule has 0 aliphatic rings. The van der Waals surface area contributed by atoms with Crippen LogP contribution < -0.4 is 15.6 Å². The number of nitrogens with one attached hydrogen (secondary N) is 2. The Labute approximate surface area is 188 Å². The van der Waals surface area contributed by atoms with Gasteiger partial charge in [0.15, 0.2) is 6.10 Å². The predicted molar refractivity (Wildman–Crippen MR) is 110 cm³/mol. The number of amides is 1. The summed E-state index contributed by atoms with van der Waals surface area (Å²) in [4.78, 5) is 30.5. The first-order chi connectivity index (χ1) is 15.4. The fourth-order valence-corrected chi connectivity index (χ4v) is 2.93. The van der Waals surface area contributed by atoms with Gasteiger partial charge in [-0.25, -0.2) is 13.8 Å². The molecule has 1 aromatic heterocycles. The van der Waals surface area contributed by atoms with Crippen molar-refractivity contribution in [3.05, 3.63) is 74.8 Å². The second kappa shape index (κ2) is 9.18.